The summed E-state index contributed by atoms with van der Waals surface area (Å²) in [5, 5.41) is 3.01. The van der Waals surface area contributed by atoms with Gasteiger partial charge in [0.2, 0.25) is 0 Å². The van der Waals surface area contributed by atoms with Crippen molar-refractivity contribution in [1.82, 2.24) is 5.32 Å². The Morgan fingerprint density at radius 2 is 1.68 bits per heavy atom. The summed E-state index contributed by atoms with van der Waals surface area (Å²) in [5.41, 5.74) is 0.595. The smallest absolute Gasteiger partial charge is 0.251 e. The second kappa shape index (κ2) is 10.4. The molecule has 1 N–H and O–H groups in total. The summed E-state index contributed by atoms with van der Waals surface area (Å²) >= 11 is 0. The molecule has 4 nitrogen and oxygen atoms in total. The molecule has 0 aromatic heterocycles. The molecule has 1 aromatic rings. The van der Waals surface area contributed by atoms with E-state index in [1.54, 1.807) is 18.2 Å². The second-order valence-corrected chi connectivity index (χ2v) is 5.53. The number of ether oxygens (including phenoxy) is 2. The fraction of sp³-hybridized carbons (Fsp3) is 0.588. The minimum atomic E-state index is -0.0767. The molecule has 22 heavy (non-hydrogen) atoms. The average Bonchev–Trinajstić information content (AvgIpc) is 2.40. The summed E-state index contributed by atoms with van der Waals surface area (Å²) < 4.78 is 11.0. The summed E-state index contributed by atoms with van der Waals surface area (Å²) in [7, 11) is 0. The molecule has 5 heteroatoms. The zero-order chi connectivity index (χ0) is 15.8. The van der Waals surface area contributed by atoms with Gasteiger partial charge < -0.3 is 14.8 Å². The summed E-state index contributed by atoms with van der Waals surface area (Å²) in [6, 6.07) is 5.45. The van der Waals surface area contributed by atoms with Crippen molar-refractivity contribution in [2.45, 2.75) is 47.1 Å². The number of carbonyl (C=O) groups excluding carboxylic acids is 1. The van der Waals surface area contributed by atoms with Gasteiger partial charge in [0.25, 0.3) is 5.91 Å². The SMILES string of the molecule is CCOc1ccc(C(=O)N[C@@H](C)CC(C)C)cc1OCC.S. The number of benzene rings is 1. The fourth-order valence-corrected chi connectivity index (χ4v) is 2.27. The number of hydrogen-bond donors (Lipinski definition) is 1. The molecule has 0 spiro atoms. The van der Waals surface area contributed by atoms with Crippen molar-refractivity contribution in [3.05, 3.63) is 23.8 Å². The van der Waals surface area contributed by atoms with E-state index in [0.29, 0.717) is 36.2 Å². The molecule has 1 rings (SSSR count). The highest BCUT2D eigenvalue weighted by molar-refractivity contribution is 7.59. The molecular weight excluding hydrogens is 298 g/mol. The Hall–Kier alpha value is -1.36. The quantitative estimate of drug-likeness (QED) is 0.791. The number of carbonyl (C=O) groups is 1. The topological polar surface area (TPSA) is 47.6 Å². The molecule has 0 fully saturated rings. The maximum Gasteiger partial charge on any atom is 0.251 e. The van der Waals surface area contributed by atoms with Gasteiger partial charge in [0.05, 0.1) is 13.2 Å². The normalized spacial score (nSPS) is 11.5. The number of nitrogens with one attached hydrogen (secondary N) is 1. The highest BCUT2D eigenvalue weighted by atomic mass is 32.1. The maximum atomic E-state index is 12.3. The van der Waals surface area contributed by atoms with E-state index in [0.717, 1.165) is 6.42 Å². The van der Waals surface area contributed by atoms with E-state index in [-0.39, 0.29) is 25.4 Å². The van der Waals surface area contributed by atoms with Crippen LogP contribution < -0.4 is 14.8 Å². The van der Waals surface area contributed by atoms with Crippen LogP contribution in [0.15, 0.2) is 18.2 Å². The summed E-state index contributed by atoms with van der Waals surface area (Å²) in [4.78, 5) is 12.3. The Bertz CT molecular complexity index is 463. The first-order chi connectivity index (χ1) is 9.97. The Labute approximate surface area is 141 Å². The molecule has 1 aromatic carbocycles. The molecule has 0 bridgehead atoms. The van der Waals surface area contributed by atoms with Gasteiger partial charge in [-0.3, -0.25) is 4.79 Å². The van der Waals surface area contributed by atoms with E-state index in [4.69, 9.17) is 9.47 Å². The average molecular weight is 327 g/mol. The van der Waals surface area contributed by atoms with Crippen molar-refractivity contribution < 1.29 is 14.3 Å². The summed E-state index contributed by atoms with van der Waals surface area (Å²) in [5.74, 6) is 1.77. The van der Waals surface area contributed by atoms with Gasteiger partial charge in [-0.1, -0.05) is 13.8 Å². The maximum absolute atomic E-state index is 12.3. The van der Waals surface area contributed by atoms with Crippen LogP contribution in [0.25, 0.3) is 0 Å². The van der Waals surface area contributed by atoms with Gasteiger partial charge in [-0.25, -0.2) is 0 Å². The fourth-order valence-electron chi connectivity index (χ4n) is 2.27. The summed E-state index contributed by atoms with van der Waals surface area (Å²) in [6.45, 7) is 11.2. The van der Waals surface area contributed by atoms with E-state index < -0.39 is 0 Å². The molecule has 0 saturated heterocycles. The van der Waals surface area contributed by atoms with Crippen LogP contribution in [0.1, 0.15) is 51.4 Å². The van der Waals surface area contributed by atoms with E-state index in [9.17, 15) is 4.79 Å². The van der Waals surface area contributed by atoms with E-state index in [1.165, 1.54) is 0 Å². The van der Waals surface area contributed by atoms with Crippen molar-refractivity contribution >= 4 is 19.4 Å². The Morgan fingerprint density at radius 3 is 2.23 bits per heavy atom. The first-order valence-electron chi connectivity index (χ1n) is 7.68. The Morgan fingerprint density at radius 1 is 1.09 bits per heavy atom. The van der Waals surface area contributed by atoms with Gasteiger partial charge in [0.1, 0.15) is 0 Å². The third-order valence-electron chi connectivity index (χ3n) is 3.01. The van der Waals surface area contributed by atoms with Crippen LogP contribution in [0.3, 0.4) is 0 Å². The summed E-state index contributed by atoms with van der Waals surface area (Å²) in [6.07, 6.45) is 0.959. The van der Waals surface area contributed by atoms with E-state index >= 15 is 0 Å². The molecule has 126 valence electrons. The number of rotatable bonds is 8. The van der Waals surface area contributed by atoms with Gasteiger partial charge in [0, 0.05) is 11.6 Å². The lowest BCUT2D eigenvalue weighted by atomic mass is 10.0. The van der Waals surface area contributed by atoms with Crippen LogP contribution in [0.4, 0.5) is 0 Å². The van der Waals surface area contributed by atoms with E-state index in [1.807, 2.05) is 20.8 Å². The molecular formula is C17H29NO3S. The van der Waals surface area contributed by atoms with Gasteiger partial charge >= 0.3 is 0 Å². The van der Waals surface area contributed by atoms with Crippen LogP contribution in [0.5, 0.6) is 11.5 Å². The van der Waals surface area contributed by atoms with Crippen molar-refractivity contribution in [1.29, 1.82) is 0 Å². The van der Waals surface area contributed by atoms with E-state index in [2.05, 4.69) is 19.2 Å². The number of hydrogen-bond acceptors (Lipinski definition) is 3. The van der Waals surface area contributed by atoms with Crippen molar-refractivity contribution in [2.24, 2.45) is 5.92 Å². The zero-order valence-electron chi connectivity index (χ0n) is 14.2. The lowest BCUT2D eigenvalue weighted by molar-refractivity contribution is 0.0935. The van der Waals surface area contributed by atoms with Crippen molar-refractivity contribution in [3.63, 3.8) is 0 Å². The van der Waals surface area contributed by atoms with Gasteiger partial charge in [-0.15, -0.1) is 0 Å². The molecule has 1 amide bonds. The molecule has 0 heterocycles. The van der Waals surface area contributed by atoms with Crippen LogP contribution in [0.2, 0.25) is 0 Å². The molecule has 0 aliphatic carbocycles. The molecule has 0 aliphatic rings. The van der Waals surface area contributed by atoms with Crippen LogP contribution in [0, 0.1) is 5.92 Å². The highest BCUT2D eigenvalue weighted by Gasteiger charge is 2.14. The highest BCUT2D eigenvalue weighted by Crippen LogP contribution is 2.28. The first kappa shape index (κ1) is 20.6. The lowest BCUT2D eigenvalue weighted by Gasteiger charge is -2.17. The largest absolute Gasteiger partial charge is 0.490 e. The molecule has 0 unspecified atom stereocenters. The van der Waals surface area contributed by atoms with Crippen molar-refractivity contribution in [2.75, 3.05) is 13.2 Å². The third-order valence-corrected chi connectivity index (χ3v) is 3.01. The monoisotopic (exact) mass is 327 g/mol. The first-order valence-corrected chi connectivity index (χ1v) is 7.68. The lowest BCUT2D eigenvalue weighted by Crippen LogP contribution is -2.33. The van der Waals surface area contributed by atoms with Gasteiger partial charge in [-0.05, 0) is 51.3 Å². The predicted molar refractivity (Wildman–Crippen MR) is 95.5 cm³/mol. The predicted octanol–water partition coefficient (Wildman–Crippen LogP) is 3.76. The Balaban J connectivity index is 0.00000441. The molecule has 1 atom stereocenters. The molecule has 0 saturated carbocycles. The number of amides is 1. The Kier molecular flexibility index (Phi) is 9.74. The van der Waals surface area contributed by atoms with Crippen LogP contribution in [-0.2, 0) is 0 Å². The standard InChI is InChI=1S/C17H27NO3.H2S/c1-6-20-15-9-8-14(11-16(15)21-7-2)17(19)18-13(5)10-12(3)4;/h8-9,11-13H,6-7,10H2,1-5H3,(H,18,19);1H2/t13-;/m0./s1. The zero-order valence-corrected chi connectivity index (χ0v) is 15.2. The minimum Gasteiger partial charge on any atom is -0.490 e. The van der Waals surface area contributed by atoms with Gasteiger partial charge in [-0.2, -0.15) is 13.5 Å². The van der Waals surface area contributed by atoms with Crippen LogP contribution >= 0.6 is 13.5 Å². The van der Waals surface area contributed by atoms with Crippen molar-refractivity contribution in [3.8, 4) is 11.5 Å². The molecule has 0 aliphatic heterocycles. The van der Waals surface area contributed by atoms with Gasteiger partial charge in [0.15, 0.2) is 11.5 Å². The van der Waals surface area contributed by atoms with Crippen LogP contribution in [-0.4, -0.2) is 25.2 Å². The third kappa shape index (κ3) is 6.60. The second-order valence-electron chi connectivity index (χ2n) is 5.53. The molecule has 0 radical (unpaired) electrons. The minimum absolute atomic E-state index is 0.